The lowest BCUT2D eigenvalue weighted by molar-refractivity contribution is 0.00578. The van der Waals surface area contributed by atoms with E-state index in [0.717, 1.165) is 116 Å². The number of anilines is 6. The topological polar surface area (TPSA) is 43.4 Å². The Bertz CT molecular complexity index is 5640. The van der Waals surface area contributed by atoms with Crippen LogP contribution in [0.3, 0.4) is 0 Å². The number of nitrogens with zero attached hydrogens (tertiary/aromatic N) is 2. The average molecular weight is 1880 g/mol. The number of hydrogen-bond acceptors (Lipinski definition) is 6. The fourth-order valence-corrected chi connectivity index (χ4v) is 20.2. The van der Waals surface area contributed by atoms with Crippen LogP contribution in [-0.4, -0.2) is 36.6 Å². The molecule has 6 nitrogen and oxygen atoms in total. The zero-order valence-corrected chi connectivity index (χ0v) is 82.8. The van der Waals surface area contributed by atoms with Crippen LogP contribution in [0.1, 0.15) is 243 Å². The van der Waals surface area contributed by atoms with Gasteiger partial charge in [-0.3, -0.25) is 0 Å². The van der Waals surface area contributed by atoms with Gasteiger partial charge in [0.15, 0.2) is 0 Å². The van der Waals surface area contributed by atoms with E-state index in [0.29, 0.717) is 0 Å². The smallest absolute Gasteiger partial charge is 0.399 e. The lowest BCUT2D eigenvalue weighted by Crippen LogP contribution is -2.41. The summed E-state index contributed by atoms with van der Waals surface area (Å²) in [6.45, 7) is 40.7. The van der Waals surface area contributed by atoms with E-state index in [9.17, 15) is 0 Å². The van der Waals surface area contributed by atoms with E-state index in [1.165, 1.54) is 181 Å². The summed E-state index contributed by atoms with van der Waals surface area (Å²) in [5.74, 6) is 0. The van der Waals surface area contributed by atoms with Gasteiger partial charge >= 0.3 is 14.2 Å². The normalized spacial score (nSPS) is 15.1. The van der Waals surface area contributed by atoms with Crippen LogP contribution in [0, 0.1) is 0 Å². The summed E-state index contributed by atoms with van der Waals surface area (Å²) < 4.78 is 28.5. The Morgan fingerprint density at radius 2 is 0.492 bits per heavy atom. The Labute approximate surface area is 809 Å². The maximum atomic E-state index is 6.58. The highest BCUT2D eigenvalue weighted by Gasteiger charge is 2.55. The van der Waals surface area contributed by atoms with Gasteiger partial charge < -0.3 is 28.4 Å². The monoisotopic (exact) mass is 1870 g/mol. The van der Waals surface area contributed by atoms with Gasteiger partial charge in [0.25, 0.3) is 0 Å². The minimum absolute atomic E-state index is 0.0391. The SMILES string of the molecule is C=CCCCCCCC1(CCCCCCC=C)c2cc(-c3ccccc3)ccc2-c2ccc(-c3ccc(N(c4ccc(C=C)cc4)c4ccc(-c5ccccc5)cc4)cc3)cc21.C=CCCCCCCC1(CCCCCCC=C)c2cc(B3OC(C)(C)C(C)(C)O3)ccc2-c2ccc(B3OC(C)(C)C(C)(C)O3)cc21.C=Cc1ccc(N(c2ccc(Br)cc2)c2ccc(Br)cc2)cc1. The maximum absolute atomic E-state index is 6.58. The van der Waals surface area contributed by atoms with E-state index in [2.05, 4.69) is 428 Å². The lowest BCUT2D eigenvalue weighted by Gasteiger charge is -2.33. The van der Waals surface area contributed by atoms with E-state index < -0.39 is 0 Å². The Morgan fingerprint density at radius 3 is 0.780 bits per heavy atom. The molecule has 4 aliphatic rings. The van der Waals surface area contributed by atoms with Crippen LogP contribution in [0.4, 0.5) is 34.1 Å². The fraction of sp³-hybridized carbons (Fsp3) is 0.311. The second kappa shape index (κ2) is 45.1. The molecule has 0 unspecified atom stereocenters. The number of benzene rings is 12. The zero-order chi connectivity index (χ0) is 92.9. The fourth-order valence-electron chi connectivity index (χ4n) is 19.7. The van der Waals surface area contributed by atoms with Gasteiger partial charge in [-0.25, -0.2) is 0 Å². The predicted molar refractivity (Wildman–Crippen MR) is 576 cm³/mol. The third-order valence-corrected chi connectivity index (χ3v) is 29.7. The quantitative estimate of drug-likeness (QED) is 0.0216. The van der Waals surface area contributed by atoms with Crippen molar-refractivity contribution in [3.63, 3.8) is 0 Å². The minimum atomic E-state index is -0.384. The number of rotatable bonds is 41. The first-order chi connectivity index (χ1) is 64.0. The van der Waals surface area contributed by atoms with Crippen LogP contribution in [0.25, 0.3) is 67.8 Å². The van der Waals surface area contributed by atoms with Gasteiger partial charge in [-0.05, 0) is 342 Å². The van der Waals surface area contributed by atoms with Crippen molar-refractivity contribution in [2.75, 3.05) is 9.80 Å². The molecule has 12 aromatic rings. The van der Waals surface area contributed by atoms with Gasteiger partial charge in [-0.15, -0.1) is 26.3 Å². The minimum Gasteiger partial charge on any atom is -0.399 e. The molecule has 2 aliphatic heterocycles. The zero-order valence-electron chi connectivity index (χ0n) is 79.7. The third-order valence-electron chi connectivity index (χ3n) is 28.6. The van der Waals surface area contributed by atoms with Crippen molar-refractivity contribution >= 4 is 103 Å². The summed E-state index contributed by atoms with van der Waals surface area (Å²) >= 11 is 7.00. The third kappa shape index (κ3) is 22.8. The van der Waals surface area contributed by atoms with Gasteiger partial charge in [-0.1, -0.05) is 328 Å². The summed E-state index contributed by atoms with van der Waals surface area (Å²) in [6, 6.07) is 102. The highest BCUT2D eigenvalue weighted by molar-refractivity contribution is 9.10. The van der Waals surface area contributed by atoms with Crippen molar-refractivity contribution in [3.8, 4) is 55.6 Å². The molecule has 2 heterocycles. The van der Waals surface area contributed by atoms with Crippen LogP contribution in [-0.2, 0) is 29.4 Å². The second-order valence-corrected chi connectivity index (χ2v) is 40.3. The van der Waals surface area contributed by atoms with E-state index in [-0.39, 0.29) is 47.5 Å². The molecule has 0 saturated carbocycles. The molecule has 0 radical (unpaired) electrons. The molecule has 132 heavy (non-hydrogen) atoms. The molecule has 0 N–H and O–H groups in total. The molecule has 2 fully saturated rings. The van der Waals surface area contributed by atoms with Crippen LogP contribution < -0.4 is 20.7 Å². The summed E-state index contributed by atoms with van der Waals surface area (Å²) in [6.07, 6.45) is 40.6. The molecule has 0 spiro atoms. The number of hydrogen-bond donors (Lipinski definition) is 0. The molecule has 0 bridgehead atoms. The summed E-state index contributed by atoms with van der Waals surface area (Å²) in [7, 11) is -0.769. The molecule has 10 heteroatoms. The van der Waals surface area contributed by atoms with Gasteiger partial charge in [0.1, 0.15) is 0 Å². The number of halogens is 2. The van der Waals surface area contributed by atoms with E-state index in [1.807, 2.05) is 24.3 Å². The molecule has 678 valence electrons. The van der Waals surface area contributed by atoms with Gasteiger partial charge in [0.2, 0.25) is 0 Å². The summed E-state index contributed by atoms with van der Waals surface area (Å²) in [4.78, 5) is 4.58. The molecular weight excluding hydrogens is 1740 g/mol. The van der Waals surface area contributed by atoms with E-state index in [1.54, 1.807) is 0 Å². The standard InChI is InChI=1S/C61H61N.C41H60B2O4.C20H15Br2N/c1-4-7-9-11-13-21-43-61(44-22-14-12-10-8-5-2)59-45-52(49-25-19-16-20-26-49)33-41-57(59)58-42-34-53(46-60(58)61)51-31-39-56(40-32-51)62(54-35-27-47(6-3)28-36-54)55-37-29-50(30-38-55)48-23-17-15-18-24-48;1-11-13-15-17-19-21-27-41(28-22-20-18-16-14-12-2)35-29-31(42-44-37(3,4)38(5,6)45-42)23-25-33(35)34-26-24-32(30-36(34)41)43-46-39(7,8)40(9,10)47-43;1-2-15-3-9-18(10-4-15)23(19-11-5-16(21)6-12-19)20-13-7-17(22)8-14-20/h4-6,15-20,23-42,45-46H,1-3,7-14,21-22,43-44H2;11-12,23-26,29-30H,1-2,13-22,27-28H2,3-10H3;2-14H,1H2. The van der Waals surface area contributed by atoms with Crippen LogP contribution in [0.5, 0.6) is 0 Å². The molecule has 0 aromatic heterocycles. The lowest BCUT2D eigenvalue weighted by atomic mass is 9.67. The number of unbranched alkanes of at least 4 members (excludes halogenated alkanes) is 16. The first-order valence-corrected chi connectivity index (χ1v) is 50.2. The first kappa shape index (κ1) is 97.6. The molecular formula is C122H136B2Br2N2O4. The van der Waals surface area contributed by atoms with Crippen molar-refractivity contribution in [3.05, 3.63) is 385 Å². The highest BCUT2D eigenvalue weighted by Crippen LogP contribution is 2.58. The van der Waals surface area contributed by atoms with Crippen molar-refractivity contribution < 1.29 is 18.6 Å². The molecule has 2 saturated heterocycles. The Hall–Kier alpha value is -10.4. The Morgan fingerprint density at radius 1 is 0.258 bits per heavy atom. The summed E-state index contributed by atoms with van der Waals surface area (Å²) in [5, 5.41) is 0. The van der Waals surface area contributed by atoms with Crippen LogP contribution >= 0.6 is 31.9 Å². The second-order valence-electron chi connectivity index (χ2n) is 38.5. The Kier molecular flexibility index (Phi) is 33.4. The first-order valence-electron chi connectivity index (χ1n) is 48.6. The van der Waals surface area contributed by atoms with Gasteiger partial charge in [0, 0.05) is 53.9 Å². The molecule has 16 rings (SSSR count). The van der Waals surface area contributed by atoms with Crippen molar-refractivity contribution in [1.29, 1.82) is 0 Å². The van der Waals surface area contributed by atoms with Gasteiger partial charge in [0.05, 0.1) is 22.4 Å². The highest BCUT2D eigenvalue weighted by atomic mass is 79.9. The van der Waals surface area contributed by atoms with E-state index >= 15 is 0 Å². The Balaban J connectivity index is 0.000000175. The number of fused-ring (bicyclic) bond motifs is 6. The summed E-state index contributed by atoms with van der Waals surface area (Å²) in [5.41, 5.74) is 28.4. The van der Waals surface area contributed by atoms with Crippen molar-refractivity contribution in [2.45, 2.75) is 243 Å². The maximum Gasteiger partial charge on any atom is 0.494 e. The van der Waals surface area contributed by atoms with Crippen LogP contribution in [0.15, 0.2) is 352 Å². The largest absolute Gasteiger partial charge is 0.494 e. The molecule has 0 amide bonds. The average Bonchev–Trinajstić information content (AvgIpc) is 1.58. The number of allylic oxidation sites excluding steroid dienone is 4. The van der Waals surface area contributed by atoms with Crippen molar-refractivity contribution in [1.82, 2.24) is 0 Å². The van der Waals surface area contributed by atoms with Crippen LogP contribution in [0.2, 0.25) is 0 Å². The van der Waals surface area contributed by atoms with Crippen molar-refractivity contribution in [2.24, 2.45) is 0 Å². The van der Waals surface area contributed by atoms with E-state index in [4.69, 9.17) is 18.6 Å². The molecule has 0 atom stereocenters. The predicted octanol–water partition coefficient (Wildman–Crippen LogP) is 35.0. The van der Waals surface area contributed by atoms with Gasteiger partial charge in [-0.2, -0.15) is 0 Å². The molecule has 2 aliphatic carbocycles. The molecule has 12 aromatic carbocycles.